The molecule has 0 saturated carbocycles. The Morgan fingerprint density at radius 1 is 0.714 bits per heavy atom. The molecular formula is C26H9F5O3S. The smallest absolute Gasteiger partial charge is 0.200 e. The van der Waals surface area contributed by atoms with Crippen LogP contribution >= 0.6 is 11.3 Å². The van der Waals surface area contributed by atoms with Crippen LogP contribution in [0.4, 0.5) is 22.0 Å². The van der Waals surface area contributed by atoms with E-state index in [0.29, 0.717) is 20.7 Å². The lowest BCUT2D eigenvalue weighted by Gasteiger charge is -2.05. The second-order valence-corrected chi connectivity index (χ2v) is 9.01. The van der Waals surface area contributed by atoms with Gasteiger partial charge in [-0.15, -0.1) is 11.3 Å². The molecule has 2 heterocycles. The van der Waals surface area contributed by atoms with Crippen molar-refractivity contribution >= 4 is 50.0 Å². The van der Waals surface area contributed by atoms with Gasteiger partial charge in [0.2, 0.25) is 5.82 Å². The highest BCUT2D eigenvalue weighted by atomic mass is 32.1. The second-order valence-electron chi connectivity index (χ2n) is 7.89. The van der Waals surface area contributed by atoms with E-state index in [-0.39, 0.29) is 11.2 Å². The molecule has 3 nitrogen and oxygen atoms in total. The van der Waals surface area contributed by atoms with Crippen molar-refractivity contribution in [3.05, 3.63) is 99.2 Å². The van der Waals surface area contributed by atoms with Crippen LogP contribution < -0.4 is 0 Å². The minimum absolute atomic E-state index is 0.0424. The Balaban J connectivity index is 1.40. The standard InChI is InChI=1S/C26H9F5O3S/c27-20-19(21(28)23(30)24(31)22(20)29)17-9-18-16(34-17)8-12(35-18)7-15-25(32)13-5-10-3-1-2-4-11(10)6-14(13)26(15)33/h1-9H. The summed E-state index contributed by atoms with van der Waals surface area (Å²) in [5, 5.41) is 1.64. The minimum Gasteiger partial charge on any atom is -0.455 e. The van der Waals surface area contributed by atoms with Crippen LogP contribution in [0.3, 0.4) is 0 Å². The summed E-state index contributed by atoms with van der Waals surface area (Å²) < 4.78 is 74.4. The Labute approximate surface area is 196 Å². The van der Waals surface area contributed by atoms with Crippen LogP contribution in [0.25, 0.3) is 38.5 Å². The summed E-state index contributed by atoms with van der Waals surface area (Å²) in [6.07, 6.45) is 1.40. The maximum atomic E-state index is 14.1. The quantitative estimate of drug-likeness (QED) is 0.0837. The lowest BCUT2D eigenvalue weighted by molar-refractivity contribution is 0.0990. The molecule has 2 aromatic heterocycles. The van der Waals surface area contributed by atoms with E-state index in [9.17, 15) is 31.5 Å². The van der Waals surface area contributed by atoms with Crippen molar-refractivity contribution in [3.8, 4) is 11.3 Å². The first-order valence-corrected chi connectivity index (χ1v) is 11.0. The van der Waals surface area contributed by atoms with Gasteiger partial charge < -0.3 is 4.42 Å². The lowest BCUT2D eigenvalue weighted by Crippen LogP contribution is -2.03. The van der Waals surface area contributed by atoms with E-state index in [0.717, 1.165) is 28.2 Å². The zero-order valence-corrected chi connectivity index (χ0v) is 18.0. The van der Waals surface area contributed by atoms with Crippen molar-refractivity contribution < 1.29 is 36.0 Å². The third kappa shape index (κ3) is 3.08. The number of benzene rings is 3. The molecule has 9 heteroatoms. The topological polar surface area (TPSA) is 47.3 Å². The average molecular weight is 496 g/mol. The van der Waals surface area contributed by atoms with Crippen molar-refractivity contribution in [2.75, 3.05) is 0 Å². The third-order valence-electron chi connectivity index (χ3n) is 5.83. The number of hydrogen-bond acceptors (Lipinski definition) is 4. The monoisotopic (exact) mass is 496 g/mol. The molecule has 0 fully saturated rings. The zero-order chi connectivity index (χ0) is 24.6. The number of hydrogen-bond donors (Lipinski definition) is 0. The summed E-state index contributed by atoms with van der Waals surface area (Å²) in [7, 11) is 0. The largest absolute Gasteiger partial charge is 0.455 e. The van der Waals surface area contributed by atoms with E-state index in [1.165, 1.54) is 12.1 Å². The van der Waals surface area contributed by atoms with Crippen LogP contribution in [0.5, 0.6) is 0 Å². The van der Waals surface area contributed by atoms with Crippen molar-refractivity contribution in [2.24, 2.45) is 0 Å². The predicted molar refractivity (Wildman–Crippen MR) is 120 cm³/mol. The molecule has 0 amide bonds. The highest BCUT2D eigenvalue weighted by Gasteiger charge is 2.34. The fraction of sp³-hybridized carbons (Fsp3) is 0. The lowest BCUT2D eigenvalue weighted by atomic mass is 10.0. The number of ketones is 2. The molecule has 5 aromatic rings. The van der Waals surface area contributed by atoms with Gasteiger partial charge in [0.05, 0.1) is 15.8 Å². The number of carbonyl (C=O) groups is 2. The van der Waals surface area contributed by atoms with E-state index in [1.807, 2.05) is 24.3 Å². The van der Waals surface area contributed by atoms with Crippen molar-refractivity contribution in [1.29, 1.82) is 0 Å². The van der Waals surface area contributed by atoms with Crippen LogP contribution in [-0.2, 0) is 0 Å². The van der Waals surface area contributed by atoms with Gasteiger partial charge in [-0.05, 0) is 35.0 Å². The first-order chi connectivity index (χ1) is 16.7. The Hall–Kier alpha value is -4.11. The molecular weight excluding hydrogens is 487 g/mol. The normalized spacial score (nSPS) is 13.3. The molecule has 6 rings (SSSR count). The van der Waals surface area contributed by atoms with E-state index in [4.69, 9.17) is 4.42 Å². The average Bonchev–Trinajstić information content (AvgIpc) is 3.48. The van der Waals surface area contributed by atoms with Gasteiger partial charge in [-0.3, -0.25) is 9.59 Å². The molecule has 0 spiro atoms. The molecule has 0 atom stereocenters. The Kier molecular flexibility index (Phi) is 4.56. The third-order valence-corrected chi connectivity index (χ3v) is 6.84. The minimum atomic E-state index is -2.26. The molecule has 1 aliphatic carbocycles. The SMILES string of the molecule is O=C1C(=Cc2cc3oc(-c4c(F)c(F)c(F)c(F)c4F)cc3s2)C(=O)c2cc3ccccc3cc21. The summed E-state index contributed by atoms with van der Waals surface area (Å²) in [5.74, 6) is -11.8. The van der Waals surface area contributed by atoms with E-state index >= 15 is 0 Å². The van der Waals surface area contributed by atoms with Gasteiger partial charge in [-0.2, -0.15) is 0 Å². The molecule has 0 bridgehead atoms. The number of carbonyl (C=O) groups excluding carboxylic acids is 2. The van der Waals surface area contributed by atoms with Crippen LogP contribution in [0.2, 0.25) is 0 Å². The maximum Gasteiger partial charge on any atom is 0.200 e. The number of furan rings is 1. The number of fused-ring (bicyclic) bond motifs is 3. The molecule has 0 N–H and O–H groups in total. The van der Waals surface area contributed by atoms with Crippen molar-refractivity contribution in [2.45, 2.75) is 0 Å². The molecule has 0 radical (unpaired) electrons. The van der Waals surface area contributed by atoms with Crippen LogP contribution in [0, 0.1) is 29.1 Å². The molecule has 1 aliphatic rings. The van der Waals surface area contributed by atoms with Crippen molar-refractivity contribution in [3.63, 3.8) is 0 Å². The molecule has 172 valence electrons. The highest BCUT2D eigenvalue weighted by molar-refractivity contribution is 7.19. The summed E-state index contributed by atoms with van der Waals surface area (Å²) in [4.78, 5) is 26.3. The van der Waals surface area contributed by atoms with Gasteiger partial charge in [0.15, 0.2) is 34.8 Å². The van der Waals surface area contributed by atoms with E-state index in [2.05, 4.69) is 0 Å². The number of allylic oxidation sites excluding steroid dienone is 1. The Morgan fingerprint density at radius 2 is 1.26 bits per heavy atom. The highest BCUT2D eigenvalue weighted by Crippen LogP contribution is 2.39. The summed E-state index contributed by atoms with van der Waals surface area (Å²) in [6.45, 7) is 0. The summed E-state index contributed by atoms with van der Waals surface area (Å²) in [6, 6.07) is 13.2. The molecule has 3 aromatic carbocycles. The molecule has 0 unspecified atom stereocenters. The van der Waals surface area contributed by atoms with Gasteiger partial charge in [0, 0.05) is 22.1 Å². The van der Waals surface area contributed by atoms with Crippen LogP contribution in [0.15, 0.2) is 58.5 Å². The number of rotatable bonds is 2. The summed E-state index contributed by atoms with van der Waals surface area (Å²) >= 11 is 1.03. The molecule has 35 heavy (non-hydrogen) atoms. The number of thiophene rings is 1. The van der Waals surface area contributed by atoms with Gasteiger partial charge >= 0.3 is 0 Å². The first-order valence-electron chi connectivity index (χ1n) is 10.1. The number of halogens is 5. The van der Waals surface area contributed by atoms with Crippen LogP contribution in [-0.4, -0.2) is 11.6 Å². The van der Waals surface area contributed by atoms with Gasteiger partial charge in [0.1, 0.15) is 11.3 Å². The van der Waals surface area contributed by atoms with E-state index < -0.39 is 52.0 Å². The van der Waals surface area contributed by atoms with E-state index in [1.54, 1.807) is 12.1 Å². The predicted octanol–water partition coefficient (Wildman–Crippen LogP) is 7.47. The Morgan fingerprint density at radius 3 is 1.80 bits per heavy atom. The van der Waals surface area contributed by atoms with Gasteiger partial charge in [-0.25, -0.2) is 22.0 Å². The molecule has 0 aliphatic heterocycles. The Bertz CT molecular complexity index is 1680. The first kappa shape index (κ1) is 21.4. The van der Waals surface area contributed by atoms with Gasteiger partial charge in [-0.1, -0.05) is 24.3 Å². The fourth-order valence-electron chi connectivity index (χ4n) is 4.15. The summed E-state index contributed by atoms with van der Waals surface area (Å²) in [5.41, 5.74) is -0.517. The fourth-order valence-corrected chi connectivity index (χ4v) is 5.12. The van der Waals surface area contributed by atoms with Gasteiger partial charge in [0.25, 0.3) is 0 Å². The number of Topliss-reactive ketones (excluding diaryl/α,β-unsaturated/α-hetero) is 2. The maximum absolute atomic E-state index is 14.1. The zero-order valence-electron chi connectivity index (χ0n) is 17.2. The van der Waals surface area contributed by atoms with Crippen LogP contribution in [0.1, 0.15) is 25.6 Å². The molecule has 0 saturated heterocycles. The second kappa shape index (κ2) is 7.44. The van der Waals surface area contributed by atoms with Crippen molar-refractivity contribution in [1.82, 2.24) is 0 Å².